The summed E-state index contributed by atoms with van der Waals surface area (Å²) in [5, 5.41) is 0. The number of hydrogen-bond donors (Lipinski definition) is 0. The molecule has 0 heterocycles. The average Bonchev–Trinajstić information content (AvgIpc) is 2.84. The summed E-state index contributed by atoms with van der Waals surface area (Å²) in [4.78, 5) is 0. The van der Waals surface area contributed by atoms with Gasteiger partial charge in [-0.1, -0.05) is 88.1 Å². The SMILES string of the molecule is CCCCCC.c1ccc2c(c1)Cc1ccccc1-2. The van der Waals surface area contributed by atoms with Crippen molar-refractivity contribution in [1.82, 2.24) is 0 Å². The summed E-state index contributed by atoms with van der Waals surface area (Å²) in [7, 11) is 0. The Morgan fingerprint density at radius 2 is 1.11 bits per heavy atom. The quantitative estimate of drug-likeness (QED) is 0.513. The fraction of sp³-hybridized carbons (Fsp3) is 0.368. The molecule has 0 saturated carbocycles. The van der Waals surface area contributed by atoms with Crippen molar-refractivity contribution in [3.63, 3.8) is 0 Å². The zero-order valence-corrected chi connectivity index (χ0v) is 12.2. The predicted molar refractivity (Wildman–Crippen MR) is 84.5 cm³/mol. The van der Waals surface area contributed by atoms with Crippen LogP contribution >= 0.6 is 0 Å². The van der Waals surface area contributed by atoms with Gasteiger partial charge in [-0.05, 0) is 28.7 Å². The van der Waals surface area contributed by atoms with Crippen molar-refractivity contribution < 1.29 is 0 Å². The summed E-state index contributed by atoms with van der Waals surface area (Å²) in [6.07, 6.45) is 6.64. The maximum absolute atomic E-state index is 2.23. The molecule has 0 aromatic heterocycles. The van der Waals surface area contributed by atoms with Crippen molar-refractivity contribution in [3.05, 3.63) is 59.7 Å². The van der Waals surface area contributed by atoms with Gasteiger partial charge in [0, 0.05) is 0 Å². The molecule has 3 rings (SSSR count). The van der Waals surface area contributed by atoms with Crippen molar-refractivity contribution in [3.8, 4) is 11.1 Å². The lowest BCUT2D eigenvalue weighted by Crippen LogP contribution is -1.77. The molecule has 0 N–H and O–H groups in total. The number of benzene rings is 2. The Kier molecular flexibility index (Phi) is 5.20. The molecular formula is C19H24. The highest BCUT2D eigenvalue weighted by Crippen LogP contribution is 2.35. The molecule has 2 aromatic carbocycles. The van der Waals surface area contributed by atoms with E-state index in [0.29, 0.717) is 0 Å². The Morgan fingerprint density at radius 1 is 0.684 bits per heavy atom. The van der Waals surface area contributed by atoms with Crippen LogP contribution < -0.4 is 0 Å². The van der Waals surface area contributed by atoms with E-state index in [1.165, 1.54) is 47.9 Å². The number of fused-ring (bicyclic) bond motifs is 3. The fourth-order valence-electron chi connectivity index (χ4n) is 2.58. The van der Waals surface area contributed by atoms with Crippen LogP contribution in [0.3, 0.4) is 0 Å². The lowest BCUT2D eigenvalue weighted by Gasteiger charge is -1.98. The van der Waals surface area contributed by atoms with Gasteiger partial charge in [-0.3, -0.25) is 0 Å². The summed E-state index contributed by atoms with van der Waals surface area (Å²) >= 11 is 0. The first-order valence-electron chi connectivity index (χ1n) is 7.53. The fourth-order valence-corrected chi connectivity index (χ4v) is 2.58. The second-order valence-electron chi connectivity index (χ2n) is 5.20. The van der Waals surface area contributed by atoms with Crippen molar-refractivity contribution >= 4 is 0 Å². The molecule has 100 valence electrons. The van der Waals surface area contributed by atoms with Crippen LogP contribution in [0.1, 0.15) is 50.7 Å². The van der Waals surface area contributed by atoms with Crippen LogP contribution in [0.15, 0.2) is 48.5 Å². The molecule has 0 atom stereocenters. The van der Waals surface area contributed by atoms with E-state index in [1.54, 1.807) is 0 Å². The van der Waals surface area contributed by atoms with Crippen LogP contribution in [0.2, 0.25) is 0 Å². The van der Waals surface area contributed by atoms with Gasteiger partial charge in [0.05, 0.1) is 0 Å². The molecule has 19 heavy (non-hydrogen) atoms. The normalized spacial score (nSPS) is 11.3. The molecule has 0 fully saturated rings. The van der Waals surface area contributed by atoms with Crippen molar-refractivity contribution in [2.24, 2.45) is 0 Å². The molecule has 1 aliphatic rings. The summed E-state index contributed by atoms with van der Waals surface area (Å²) < 4.78 is 0. The van der Waals surface area contributed by atoms with E-state index in [2.05, 4.69) is 62.4 Å². The van der Waals surface area contributed by atoms with Crippen LogP contribution in [0.25, 0.3) is 11.1 Å². The number of rotatable bonds is 3. The Balaban J connectivity index is 0.000000192. The van der Waals surface area contributed by atoms with Crippen LogP contribution in [0.4, 0.5) is 0 Å². The first kappa shape index (κ1) is 13.9. The largest absolute Gasteiger partial charge is 0.0654 e. The lowest BCUT2D eigenvalue weighted by molar-refractivity contribution is 0.702. The Hall–Kier alpha value is -1.56. The first-order chi connectivity index (χ1) is 9.36. The molecule has 0 aliphatic heterocycles. The first-order valence-corrected chi connectivity index (χ1v) is 7.53. The van der Waals surface area contributed by atoms with Crippen LogP contribution in [0.5, 0.6) is 0 Å². The molecule has 0 heteroatoms. The molecule has 0 unspecified atom stereocenters. The second kappa shape index (κ2) is 7.13. The van der Waals surface area contributed by atoms with Crippen LogP contribution in [-0.2, 0) is 6.42 Å². The minimum atomic E-state index is 1.10. The highest BCUT2D eigenvalue weighted by atomic mass is 14.2. The van der Waals surface area contributed by atoms with Gasteiger partial charge in [0.2, 0.25) is 0 Å². The van der Waals surface area contributed by atoms with E-state index >= 15 is 0 Å². The molecule has 2 aromatic rings. The van der Waals surface area contributed by atoms with E-state index in [4.69, 9.17) is 0 Å². The number of unbranched alkanes of at least 4 members (excludes halogenated alkanes) is 3. The molecule has 1 aliphatic carbocycles. The maximum Gasteiger partial charge on any atom is -0.00135 e. The van der Waals surface area contributed by atoms with Gasteiger partial charge in [0.1, 0.15) is 0 Å². The second-order valence-corrected chi connectivity index (χ2v) is 5.20. The standard InChI is InChI=1S/C13H10.C6H14/c1-3-7-12-10(5-1)9-11-6-2-4-8-13(11)12;1-3-5-6-4-2/h1-8H,9H2;3-6H2,1-2H3. The van der Waals surface area contributed by atoms with Crippen molar-refractivity contribution in [2.75, 3.05) is 0 Å². The van der Waals surface area contributed by atoms with Gasteiger partial charge in [0.15, 0.2) is 0 Å². The Morgan fingerprint density at radius 3 is 1.53 bits per heavy atom. The predicted octanol–water partition coefficient (Wildman–Crippen LogP) is 5.84. The van der Waals surface area contributed by atoms with Gasteiger partial charge in [-0.15, -0.1) is 0 Å². The van der Waals surface area contributed by atoms with Gasteiger partial charge in [-0.25, -0.2) is 0 Å². The van der Waals surface area contributed by atoms with Crippen molar-refractivity contribution in [2.45, 2.75) is 46.0 Å². The topological polar surface area (TPSA) is 0 Å². The monoisotopic (exact) mass is 252 g/mol. The zero-order valence-electron chi connectivity index (χ0n) is 12.2. The van der Waals surface area contributed by atoms with Crippen LogP contribution in [0, 0.1) is 0 Å². The molecule has 0 spiro atoms. The average molecular weight is 252 g/mol. The minimum Gasteiger partial charge on any atom is -0.0654 e. The molecular weight excluding hydrogens is 228 g/mol. The summed E-state index contributed by atoms with van der Waals surface area (Å²) in [5.74, 6) is 0. The third kappa shape index (κ3) is 3.47. The van der Waals surface area contributed by atoms with E-state index in [0.717, 1.165) is 6.42 Å². The van der Waals surface area contributed by atoms with Gasteiger partial charge < -0.3 is 0 Å². The molecule has 0 amide bonds. The molecule has 0 nitrogen and oxygen atoms in total. The molecule has 0 saturated heterocycles. The molecule has 0 bridgehead atoms. The van der Waals surface area contributed by atoms with Crippen LogP contribution in [-0.4, -0.2) is 0 Å². The van der Waals surface area contributed by atoms with E-state index in [-0.39, 0.29) is 0 Å². The maximum atomic E-state index is 2.23. The third-order valence-corrected chi connectivity index (χ3v) is 3.66. The van der Waals surface area contributed by atoms with E-state index in [1.807, 2.05) is 0 Å². The number of hydrogen-bond acceptors (Lipinski definition) is 0. The molecule has 0 radical (unpaired) electrons. The lowest BCUT2D eigenvalue weighted by atomic mass is 10.1. The highest BCUT2D eigenvalue weighted by Gasteiger charge is 2.15. The summed E-state index contributed by atoms with van der Waals surface area (Å²) in [6.45, 7) is 4.46. The Labute approximate surface area is 117 Å². The van der Waals surface area contributed by atoms with Gasteiger partial charge in [-0.2, -0.15) is 0 Å². The van der Waals surface area contributed by atoms with Gasteiger partial charge >= 0.3 is 0 Å². The van der Waals surface area contributed by atoms with E-state index < -0.39 is 0 Å². The Bertz CT molecular complexity index is 463. The zero-order chi connectivity index (χ0) is 13.5. The highest BCUT2D eigenvalue weighted by molar-refractivity contribution is 5.76. The smallest absolute Gasteiger partial charge is 0.00135 e. The van der Waals surface area contributed by atoms with E-state index in [9.17, 15) is 0 Å². The third-order valence-electron chi connectivity index (χ3n) is 3.66. The van der Waals surface area contributed by atoms with Gasteiger partial charge in [0.25, 0.3) is 0 Å². The summed E-state index contributed by atoms with van der Waals surface area (Å²) in [6, 6.07) is 17.3. The van der Waals surface area contributed by atoms with Crippen molar-refractivity contribution in [1.29, 1.82) is 0 Å². The summed E-state index contributed by atoms with van der Waals surface area (Å²) in [5.41, 5.74) is 5.75. The minimum absolute atomic E-state index is 1.10.